The minimum atomic E-state index is -3.06. The quantitative estimate of drug-likeness (QED) is 0.200. The fourth-order valence-electron chi connectivity index (χ4n) is 6.30. The first-order valence-corrected chi connectivity index (χ1v) is 18.6. The monoisotopic (exact) mass is 726 g/mol. The van der Waals surface area contributed by atoms with Gasteiger partial charge in [-0.05, 0) is 101 Å². The van der Waals surface area contributed by atoms with E-state index in [1.54, 1.807) is 59.8 Å². The SMILES string of the molecule is CC1(C)C(=O)N(CCCS(=O)(=O)C2CC2)c2cc(NC(=O)c3ccncc3)ccc21.CC1(C)C(=O)Nc2cc(NC(=O)c3ccncc3F)ccc21. The molecule has 0 unspecified atom stereocenters. The summed E-state index contributed by atoms with van der Waals surface area (Å²) in [6, 6.07) is 15.1. The summed E-state index contributed by atoms with van der Waals surface area (Å²) < 4.78 is 37.9. The molecule has 1 aliphatic carbocycles. The number of hydrogen-bond donors (Lipinski definition) is 3. The molecule has 3 N–H and O–H groups in total. The highest BCUT2D eigenvalue weighted by atomic mass is 32.2. The van der Waals surface area contributed by atoms with Gasteiger partial charge in [0.2, 0.25) is 11.8 Å². The minimum Gasteiger partial charge on any atom is -0.325 e. The van der Waals surface area contributed by atoms with E-state index < -0.39 is 32.4 Å². The van der Waals surface area contributed by atoms with E-state index in [-0.39, 0.29) is 34.3 Å². The molecular weight excluding hydrogens is 688 g/mol. The van der Waals surface area contributed by atoms with Crippen molar-refractivity contribution in [2.24, 2.45) is 0 Å². The lowest BCUT2D eigenvalue weighted by atomic mass is 9.86. The van der Waals surface area contributed by atoms with Gasteiger partial charge in [0.15, 0.2) is 15.7 Å². The third-order valence-corrected chi connectivity index (χ3v) is 11.9. The average molecular weight is 727 g/mol. The lowest BCUT2D eigenvalue weighted by Gasteiger charge is -2.20. The van der Waals surface area contributed by atoms with Crippen LogP contribution in [0.1, 0.15) is 78.8 Å². The van der Waals surface area contributed by atoms with Crippen LogP contribution in [0.5, 0.6) is 0 Å². The van der Waals surface area contributed by atoms with Crippen LogP contribution in [0.2, 0.25) is 0 Å². The maximum absolute atomic E-state index is 13.5. The number of carbonyl (C=O) groups is 4. The van der Waals surface area contributed by atoms with Crippen LogP contribution < -0.4 is 20.9 Å². The summed E-state index contributed by atoms with van der Waals surface area (Å²) in [7, 11) is -3.06. The number of pyridine rings is 2. The molecule has 0 spiro atoms. The average Bonchev–Trinajstić information content (AvgIpc) is 3.92. The van der Waals surface area contributed by atoms with Gasteiger partial charge in [-0.2, -0.15) is 0 Å². The third kappa shape index (κ3) is 7.29. The Morgan fingerprint density at radius 3 is 2.17 bits per heavy atom. The van der Waals surface area contributed by atoms with Crippen LogP contribution in [0.25, 0.3) is 0 Å². The number of nitrogens with one attached hydrogen (secondary N) is 3. The number of benzene rings is 2. The highest BCUT2D eigenvalue weighted by Gasteiger charge is 2.44. The van der Waals surface area contributed by atoms with Crippen molar-refractivity contribution in [2.45, 2.75) is 63.0 Å². The van der Waals surface area contributed by atoms with Gasteiger partial charge >= 0.3 is 0 Å². The molecule has 270 valence electrons. The number of carbonyl (C=O) groups excluding carboxylic acids is 4. The molecule has 2 aromatic carbocycles. The van der Waals surface area contributed by atoms with Crippen LogP contribution in [0.15, 0.2) is 79.4 Å². The van der Waals surface area contributed by atoms with Crippen LogP contribution in [0, 0.1) is 5.82 Å². The van der Waals surface area contributed by atoms with Gasteiger partial charge in [0.1, 0.15) is 0 Å². The Balaban J connectivity index is 0.000000187. The Bertz CT molecular complexity index is 2190. The molecule has 7 rings (SSSR count). The van der Waals surface area contributed by atoms with Gasteiger partial charge in [-0.15, -0.1) is 0 Å². The fraction of sp³-hybridized carbons (Fsp3) is 0.316. The summed E-state index contributed by atoms with van der Waals surface area (Å²) in [4.78, 5) is 58.6. The second-order valence-corrected chi connectivity index (χ2v) is 16.5. The Hall–Kier alpha value is -5.50. The maximum atomic E-state index is 13.5. The smallest absolute Gasteiger partial charge is 0.258 e. The lowest BCUT2D eigenvalue weighted by molar-refractivity contribution is -0.122. The number of amides is 4. The predicted molar refractivity (Wildman–Crippen MR) is 196 cm³/mol. The molecule has 1 fully saturated rings. The summed E-state index contributed by atoms with van der Waals surface area (Å²) in [6.45, 7) is 7.73. The van der Waals surface area contributed by atoms with Gasteiger partial charge < -0.3 is 20.9 Å². The first-order chi connectivity index (χ1) is 24.6. The van der Waals surface area contributed by atoms with Crippen LogP contribution in [-0.2, 0) is 30.3 Å². The number of halogens is 1. The molecule has 4 aromatic rings. The Morgan fingerprint density at radius 2 is 1.50 bits per heavy atom. The molecule has 0 saturated heterocycles. The van der Waals surface area contributed by atoms with Crippen LogP contribution in [0.3, 0.4) is 0 Å². The highest BCUT2D eigenvalue weighted by Crippen LogP contribution is 2.43. The molecular formula is C38H39FN6O6S. The molecule has 12 nitrogen and oxygen atoms in total. The van der Waals surface area contributed by atoms with Gasteiger partial charge in [0, 0.05) is 53.4 Å². The Kier molecular flexibility index (Phi) is 9.71. The fourth-order valence-corrected chi connectivity index (χ4v) is 8.02. The molecule has 2 aliphatic heterocycles. The molecule has 0 bridgehead atoms. The molecule has 4 heterocycles. The number of fused-ring (bicyclic) bond motifs is 2. The van der Waals surface area contributed by atoms with Crippen molar-refractivity contribution < 1.29 is 32.0 Å². The van der Waals surface area contributed by atoms with E-state index in [0.717, 1.165) is 35.9 Å². The van der Waals surface area contributed by atoms with Crippen LogP contribution in [0.4, 0.5) is 27.1 Å². The largest absolute Gasteiger partial charge is 0.325 e. The second-order valence-electron chi connectivity index (χ2n) is 14.1. The maximum Gasteiger partial charge on any atom is 0.258 e. The van der Waals surface area contributed by atoms with Crippen molar-refractivity contribution in [3.8, 4) is 0 Å². The lowest BCUT2D eigenvalue weighted by Crippen LogP contribution is -2.37. The van der Waals surface area contributed by atoms with E-state index in [0.29, 0.717) is 35.6 Å². The molecule has 2 aromatic heterocycles. The topological polar surface area (TPSA) is 168 Å². The number of sulfone groups is 1. The van der Waals surface area contributed by atoms with E-state index in [1.807, 2.05) is 33.8 Å². The van der Waals surface area contributed by atoms with E-state index in [9.17, 15) is 32.0 Å². The second kappa shape index (κ2) is 13.9. The summed E-state index contributed by atoms with van der Waals surface area (Å²) in [5.74, 6) is -1.57. The van der Waals surface area contributed by atoms with Crippen LogP contribution in [-0.4, -0.2) is 59.6 Å². The predicted octanol–water partition coefficient (Wildman–Crippen LogP) is 5.63. The van der Waals surface area contributed by atoms with E-state index in [4.69, 9.17) is 0 Å². The molecule has 1 saturated carbocycles. The number of rotatable bonds is 9. The Morgan fingerprint density at radius 1 is 0.865 bits per heavy atom. The number of nitrogens with zero attached hydrogens (tertiary/aromatic N) is 3. The van der Waals surface area contributed by atoms with E-state index >= 15 is 0 Å². The van der Waals surface area contributed by atoms with Crippen molar-refractivity contribution >= 4 is 56.2 Å². The van der Waals surface area contributed by atoms with Crippen molar-refractivity contribution in [1.29, 1.82) is 0 Å². The minimum absolute atomic E-state index is 0.0565. The van der Waals surface area contributed by atoms with Gasteiger partial charge in [-0.1, -0.05) is 12.1 Å². The summed E-state index contributed by atoms with van der Waals surface area (Å²) in [6.07, 6.45) is 7.34. The van der Waals surface area contributed by atoms with E-state index in [2.05, 4.69) is 25.9 Å². The van der Waals surface area contributed by atoms with Crippen molar-refractivity contribution in [1.82, 2.24) is 9.97 Å². The van der Waals surface area contributed by atoms with Crippen molar-refractivity contribution in [2.75, 3.05) is 33.1 Å². The zero-order chi connectivity index (χ0) is 37.4. The zero-order valence-corrected chi connectivity index (χ0v) is 30.0. The first-order valence-electron chi connectivity index (χ1n) is 16.9. The number of anilines is 4. The molecule has 14 heteroatoms. The molecule has 3 aliphatic rings. The van der Waals surface area contributed by atoms with Gasteiger partial charge in [0.25, 0.3) is 11.8 Å². The summed E-state index contributed by atoms with van der Waals surface area (Å²) in [5, 5.41) is 8.06. The highest BCUT2D eigenvalue weighted by molar-refractivity contribution is 7.92. The van der Waals surface area contributed by atoms with Gasteiger partial charge in [-0.3, -0.25) is 29.1 Å². The summed E-state index contributed by atoms with van der Waals surface area (Å²) in [5.41, 5.74) is 3.29. The Labute approximate surface area is 301 Å². The van der Waals surface area contributed by atoms with Gasteiger partial charge in [-0.25, -0.2) is 12.8 Å². The zero-order valence-electron chi connectivity index (χ0n) is 29.2. The molecule has 4 amide bonds. The molecule has 0 atom stereocenters. The normalized spacial score (nSPS) is 16.6. The molecule has 52 heavy (non-hydrogen) atoms. The number of aromatic nitrogens is 2. The van der Waals surface area contributed by atoms with Gasteiger partial charge in [0.05, 0.1) is 33.6 Å². The van der Waals surface area contributed by atoms with E-state index in [1.165, 1.54) is 12.3 Å². The summed E-state index contributed by atoms with van der Waals surface area (Å²) >= 11 is 0. The van der Waals surface area contributed by atoms with Crippen molar-refractivity contribution in [3.63, 3.8) is 0 Å². The third-order valence-electron chi connectivity index (χ3n) is 9.57. The van der Waals surface area contributed by atoms with Crippen molar-refractivity contribution in [3.05, 3.63) is 107 Å². The number of hydrogen-bond acceptors (Lipinski definition) is 8. The first kappa shape index (κ1) is 36.3. The van der Waals surface area contributed by atoms with Crippen LogP contribution >= 0.6 is 0 Å². The molecule has 0 radical (unpaired) electrons. The standard InChI is InChI=1S/C22H25N3O4S.C16H14FN3O2/c1-22(2)18-7-4-16(24-20(26)15-8-10-23-11-9-15)14-19(18)25(21(22)27)12-3-13-30(28,29)17-5-6-17;1-16(2)11-4-3-9(7-13(11)20-15(16)22)19-14(21)10-5-6-18-8-12(10)17/h4,7-11,14,17H,3,5-6,12-13H2,1-2H3,(H,24,26);3-8H,1-2H3,(H,19,21)(H,20,22).